The molecule has 1 aliphatic rings. The van der Waals surface area contributed by atoms with E-state index in [1.54, 1.807) is 25.6 Å². The van der Waals surface area contributed by atoms with Gasteiger partial charge in [-0.25, -0.2) is 0 Å². The van der Waals surface area contributed by atoms with Crippen LogP contribution in [0.25, 0.3) is 0 Å². The van der Waals surface area contributed by atoms with Crippen LogP contribution < -0.4 is 5.32 Å². The third-order valence-corrected chi connectivity index (χ3v) is 4.50. The summed E-state index contributed by atoms with van der Waals surface area (Å²) in [7, 11) is 1.75. The monoisotopic (exact) mass is 334 g/mol. The number of carbonyl (C=O) groups excluding carboxylic acids is 3. The first-order valence-corrected chi connectivity index (χ1v) is 8.52. The highest BCUT2D eigenvalue weighted by Crippen LogP contribution is 2.13. The highest BCUT2D eigenvalue weighted by Gasteiger charge is 2.23. The molecule has 132 valence electrons. The smallest absolute Gasteiger partial charge is 0.292 e. The second-order valence-electron chi connectivity index (χ2n) is 6.30. The maximum absolute atomic E-state index is 12.3. The Kier molecular flexibility index (Phi) is 6.11. The summed E-state index contributed by atoms with van der Waals surface area (Å²) in [5, 5.41) is 6.81. The Bertz CT molecular complexity index is 636. The van der Waals surface area contributed by atoms with Crippen LogP contribution >= 0.6 is 0 Å². The molecule has 2 rings (SSSR count). The predicted molar refractivity (Wildman–Crippen MR) is 89.7 cm³/mol. The molecule has 2 amide bonds. The van der Waals surface area contributed by atoms with Gasteiger partial charge in [0.05, 0.1) is 11.3 Å². The lowest BCUT2D eigenvalue weighted by Crippen LogP contribution is -2.36. The molecule has 0 radical (unpaired) electrons. The van der Waals surface area contributed by atoms with Gasteiger partial charge in [0.15, 0.2) is 0 Å². The molecule has 1 saturated heterocycles. The van der Waals surface area contributed by atoms with Crippen LogP contribution in [0.15, 0.2) is 0 Å². The van der Waals surface area contributed by atoms with E-state index in [-0.39, 0.29) is 5.91 Å². The van der Waals surface area contributed by atoms with Crippen LogP contribution in [0.2, 0.25) is 0 Å². The second kappa shape index (κ2) is 8.08. The molecule has 1 aliphatic heterocycles. The number of hydrogen-bond acceptors (Lipinski definition) is 4. The number of nitrogens with one attached hydrogen (secondary N) is 1. The Labute approximate surface area is 142 Å². The number of likely N-dealkylation sites (tertiary alicyclic amines) is 1. The number of amides is 2. The summed E-state index contributed by atoms with van der Waals surface area (Å²) in [5.74, 6) is -0.975. The van der Waals surface area contributed by atoms with Crippen molar-refractivity contribution in [3.8, 4) is 0 Å². The van der Waals surface area contributed by atoms with E-state index in [9.17, 15) is 14.4 Å². The molecule has 2 heterocycles. The minimum absolute atomic E-state index is 0.191. The number of rotatable bonds is 6. The molecule has 0 spiro atoms. The van der Waals surface area contributed by atoms with E-state index in [2.05, 4.69) is 10.4 Å². The summed E-state index contributed by atoms with van der Waals surface area (Å²) in [6, 6.07) is 0. The Balaban J connectivity index is 1.80. The van der Waals surface area contributed by atoms with E-state index in [4.69, 9.17) is 0 Å². The van der Waals surface area contributed by atoms with Crippen LogP contribution in [-0.4, -0.2) is 51.9 Å². The van der Waals surface area contributed by atoms with Gasteiger partial charge in [-0.05, 0) is 33.1 Å². The summed E-state index contributed by atoms with van der Waals surface area (Å²) in [5.41, 5.74) is 1.62. The molecule has 1 fully saturated rings. The molecule has 1 aromatic rings. The van der Waals surface area contributed by atoms with Gasteiger partial charge in [0.1, 0.15) is 0 Å². The molecule has 0 aliphatic carbocycles. The molecule has 0 atom stereocenters. The number of carbonyl (C=O) groups is 3. The van der Waals surface area contributed by atoms with Gasteiger partial charge in [-0.15, -0.1) is 0 Å². The van der Waals surface area contributed by atoms with Crippen LogP contribution in [0.4, 0.5) is 0 Å². The molecule has 0 unspecified atom stereocenters. The number of aromatic nitrogens is 2. The van der Waals surface area contributed by atoms with Gasteiger partial charge < -0.3 is 10.2 Å². The average Bonchev–Trinajstić information content (AvgIpc) is 2.69. The summed E-state index contributed by atoms with van der Waals surface area (Å²) < 4.78 is 1.60. The fraction of sp³-hybridized carbons (Fsp3) is 0.647. The van der Waals surface area contributed by atoms with Gasteiger partial charge in [0.2, 0.25) is 5.91 Å². The van der Waals surface area contributed by atoms with Gasteiger partial charge in [-0.3, -0.25) is 19.1 Å². The molecule has 1 N–H and O–H groups in total. The molecule has 0 aromatic carbocycles. The Morgan fingerprint density at radius 3 is 2.62 bits per heavy atom. The van der Waals surface area contributed by atoms with Gasteiger partial charge in [-0.2, -0.15) is 5.10 Å². The van der Waals surface area contributed by atoms with E-state index in [0.29, 0.717) is 42.9 Å². The highest BCUT2D eigenvalue weighted by atomic mass is 16.2. The maximum Gasteiger partial charge on any atom is 0.292 e. The summed E-state index contributed by atoms with van der Waals surface area (Å²) >= 11 is 0. The van der Waals surface area contributed by atoms with Crippen LogP contribution in [0.3, 0.4) is 0 Å². The van der Waals surface area contributed by atoms with Gasteiger partial charge in [0, 0.05) is 38.8 Å². The second-order valence-corrected chi connectivity index (χ2v) is 6.30. The van der Waals surface area contributed by atoms with Crippen molar-refractivity contribution in [3.05, 3.63) is 17.0 Å². The molecule has 0 bridgehead atoms. The zero-order valence-electron chi connectivity index (χ0n) is 14.7. The largest absolute Gasteiger partial charge is 0.349 e. The van der Waals surface area contributed by atoms with Crippen molar-refractivity contribution in [2.24, 2.45) is 7.05 Å². The lowest BCUT2D eigenvalue weighted by Gasteiger charge is -2.20. The first-order chi connectivity index (χ1) is 11.4. The third kappa shape index (κ3) is 4.21. The molecule has 0 saturated carbocycles. The van der Waals surface area contributed by atoms with Crippen molar-refractivity contribution in [2.45, 2.75) is 46.0 Å². The predicted octanol–water partition coefficient (Wildman–Crippen LogP) is 1.13. The minimum atomic E-state index is -0.614. The van der Waals surface area contributed by atoms with Gasteiger partial charge in [-0.1, -0.05) is 6.42 Å². The van der Waals surface area contributed by atoms with Crippen LogP contribution in [0.1, 0.15) is 53.8 Å². The van der Waals surface area contributed by atoms with E-state index < -0.39 is 11.7 Å². The van der Waals surface area contributed by atoms with E-state index in [1.165, 1.54) is 0 Å². The Hall–Kier alpha value is -2.18. The SMILES string of the molecule is Cc1nn(C)c(C)c1C(=O)C(=O)NCCCN1CCCCCC1=O. The molecule has 1 aromatic heterocycles. The number of hydrogen-bond donors (Lipinski definition) is 1. The van der Waals surface area contributed by atoms with Gasteiger partial charge >= 0.3 is 0 Å². The lowest BCUT2D eigenvalue weighted by atomic mass is 10.1. The Morgan fingerprint density at radius 1 is 1.21 bits per heavy atom. The Morgan fingerprint density at radius 2 is 1.96 bits per heavy atom. The first-order valence-electron chi connectivity index (χ1n) is 8.52. The zero-order valence-corrected chi connectivity index (χ0v) is 14.7. The fourth-order valence-corrected chi connectivity index (χ4v) is 3.04. The number of nitrogens with zero attached hydrogens (tertiary/aromatic N) is 3. The van der Waals surface area contributed by atoms with E-state index in [0.717, 1.165) is 25.8 Å². The maximum atomic E-state index is 12.3. The van der Waals surface area contributed by atoms with Crippen molar-refractivity contribution in [2.75, 3.05) is 19.6 Å². The quantitative estimate of drug-likeness (QED) is 0.480. The summed E-state index contributed by atoms with van der Waals surface area (Å²) in [6.45, 7) is 5.29. The molecule has 7 heteroatoms. The number of Topliss-reactive ketones (excluding diaryl/α,β-unsaturated/α-hetero) is 1. The van der Waals surface area contributed by atoms with E-state index in [1.807, 2.05) is 4.90 Å². The van der Waals surface area contributed by atoms with Crippen molar-refractivity contribution in [1.29, 1.82) is 0 Å². The van der Waals surface area contributed by atoms with Crippen molar-refractivity contribution < 1.29 is 14.4 Å². The number of aryl methyl sites for hydroxylation is 2. The highest BCUT2D eigenvalue weighted by molar-refractivity contribution is 6.43. The normalized spacial score (nSPS) is 15.3. The number of ketones is 1. The molecular formula is C17H26N4O3. The standard InChI is InChI=1S/C17H26N4O3/c1-12-15(13(2)20(3)19-12)16(23)17(24)18-9-7-11-21-10-6-4-5-8-14(21)22/h4-11H2,1-3H3,(H,18,24). The first kappa shape index (κ1) is 18.2. The molecular weight excluding hydrogens is 308 g/mol. The van der Waals surface area contributed by atoms with E-state index >= 15 is 0 Å². The minimum Gasteiger partial charge on any atom is -0.349 e. The van der Waals surface area contributed by atoms with Crippen molar-refractivity contribution in [1.82, 2.24) is 20.0 Å². The van der Waals surface area contributed by atoms with Crippen LogP contribution in [-0.2, 0) is 16.6 Å². The van der Waals surface area contributed by atoms with Crippen LogP contribution in [0.5, 0.6) is 0 Å². The summed E-state index contributed by atoms with van der Waals surface area (Å²) in [4.78, 5) is 38.1. The van der Waals surface area contributed by atoms with Crippen molar-refractivity contribution in [3.63, 3.8) is 0 Å². The zero-order chi connectivity index (χ0) is 17.7. The molecule has 7 nitrogen and oxygen atoms in total. The topological polar surface area (TPSA) is 84.3 Å². The lowest BCUT2D eigenvalue weighted by molar-refractivity contribution is -0.130. The third-order valence-electron chi connectivity index (χ3n) is 4.50. The molecule has 24 heavy (non-hydrogen) atoms. The fourth-order valence-electron chi connectivity index (χ4n) is 3.04. The van der Waals surface area contributed by atoms with Crippen molar-refractivity contribution >= 4 is 17.6 Å². The van der Waals surface area contributed by atoms with Gasteiger partial charge in [0.25, 0.3) is 11.7 Å². The average molecular weight is 334 g/mol. The van der Waals surface area contributed by atoms with Crippen LogP contribution in [0, 0.1) is 13.8 Å². The summed E-state index contributed by atoms with van der Waals surface area (Å²) in [6.07, 6.45) is 4.36.